The maximum Gasteiger partial charge on any atom is 0.446 e. The molecule has 5 radical (unpaired) electrons. The van der Waals surface area contributed by atoms with E-state index in [1.54, 1.807) is 78.4 Å². The van der Waals surface area contributed by atoms with Gasteiger partial charge in [0.1, 0.15) is 26.0 Å². The van der Waals surface area contributed by atoms with Crippen LogP contribution < -0.4 is 52.1 Å². The van der Waals surface area contributed by atoms with Crippen LogP contribution in [0.1, 0.15) is 58.4 Å². The number of aromatic nitrogens is 25. The molecule has 10 aromatic heterocycles. The summed E-state index contributed by atoms with van der Waals surface area (Å²) < 4.78 is 103. The van der Waals surface area contributed by atoms with Crippen LogP contribution in [0.3, 0.4) is 0 Å². The number of thioether (sulfide) groups is 2. The SMILES string of the molecule is C/C=C/c1cccc(-n2nnn(C)c2=O)c1COc1n[c-]cs1.C=C(C)c1cccc(-n2nnn(C)c2=O)c1COc1n[c-]cs1.C=Cc1cccc(-n2nnn(C)c2=O)c1COc1n[c-]cs1.Cn1nnn(-c2cccc(SC(F)(F)F)c2COc2n[c-]cs2)c1=O.Cn1nnn(-c2cccc(SC(F)F)c2COc2n[c-]cs2)c1=O.[Y].[Y].[Y].[Y].[Y]. The molecule has 0 N–H and O–H groups in total. The molecule has 122 heavy (non-hydrogen) atoms. The van der Waals surface area contributed by atoms with Crippen LogP contribution in [0, 0.1) is 31.0 Å². The predicted molar refractivity (Wildman–Crippen MR) is 423 cm³/mol. The second kappa shape index (κ2) is 50.1. The summed E-state index contributed by atoms with van der Waals surface area (Å²) >= 11 is 6.53. The summed E-state index contributed by atoms with van der Waals surface area (Å²) in [5.74, 6) is -2.61. The molecule has 35 nitrogen and oxygen atoms in total. The van der Waals surface area contributed by atoms with Crippen LogP contribution in [0.2, 0.25) is 0 Å². The summed E-state index contributed by atoms with van der Waals surface area (Å²) in [6.07, 6.45) is 18.9. The second-order valence-electron chi connectivity index (χ2n) is 23.1. The molecule has 0 unspecified atom stereocenters. The molecule has 0 aliphatic rings. The predicted octanol–water partition coefficient (Wildman–Crippen LogP) is 9.63. The number of nitrogens with zero attached hydrogens (tertiary/aromatic N) is 25. The molecule has 0 fully saturated rings. The summed E-state index contributed by atoms with van der Waals surface area (Å²) in [7, 11) is 7.50. The van der Waals surface area contributed by atoms with E-state index in [0.29, 0.717) is 65.7 Å². The van der Waals surface area contributed by atoms with E-state index < -0.39 is 22.6 Å². The first-order valence-corrected chi connectivity index (χ1v) is 39.4. The number of aryl methyl sites for hydroxylation is 5. The number of benzene rings is 5. The van der Waals surface area contributed by atoms with Crippen LogP contribution in [-0.4, -0.2) is 135 Å². The number of halogens is 5. The Hall–Kier alpha value is -7.31. The maximum atomic E-state index is 12.9. The Morgan fingerprint density at radius 2 is 0.705 bits per heavy atom. The maximum absolute atomic E-state index is 12.9. The fourth-order valence-corrected chi connectivity index (χ4v) is 13.7. The normalized spacial score (nSPS) is 10.6. The summed E-state index contributed by atoms with van der Waals surface area (Å²) in [4.78, 5) is 80.3. The molecule has 0 amide bonds. The monoisotopic (exact) mass is 2170 g/mol. The Morgan fingerprint density at radius 1 is 0.426 bits per heavy atom. The van der Waals surface area contributed by atoms with Gasteiger partial charge >= 0.3 is 34.0 Å². The molecule has 10 heterocycles. The van der Waals surface area contributed by atoms with E-state index in [4.69, 9.17) is 23.7 Å². The number of thiazole rings is 5. The molecule has 0 aliphatic carbocycles. The summed E-state index contributed by atoms with van der Waals surface area (Å²) in [5, 5.41) is 48.1. The Labute approximate surface area is 842 Å². The zero-order valence-corrected chi connectivity index (χ0v) is 84.6. The van der Waals surface area contributed by atoms with Crippen molar-refractivity contribution in [3.63, 3.8) is 0 Å². The largest absolute Gasteiger partial charge is 0.550 e. The van der Waals surface area contributed by atoms with Crippen LogP contribution in [0.5, 0.6) is 26.0 Å². The van der Waals surface area contributed by atoms with E-state index >= 15 is 0 Å². The third-order valence-electron chi connectivity index (χ3n) is 15.5. The smallest absolute Gasteiger partial charge is 0.446 e. The fourth-order valence-electron chi connectivity index (χ4n) is 10.2. The van der Waals surface area contributed by atoms with Gasteiger partial charge in [-0.3, -0.25) is 0 Å². The van der Waals surface area contributed by atoms with Crippen LogP contribution in [0.25, 0.3) is 46.2 Å². The van der Waals surface area contributed by atoms with Gasteiger partial charge in [-0.1, -0.05) is 124 Å². The van der Waals surface area contributed by atoms with Crippen molar-refractivity contribution in [1.82, 2.24) is 124 Å². The molecular weight excluding hydrogens is 2110 g/mol. The molecule has 0 aliphatic heterocycles. The van der Waals surface area contributed by atoms with Gasteiger partial charge in [-0.15, -0.1) is 31.0 Å². The van der Waals surface area contributed by atoms with Crippen molar-refractivity contribution in [3.05, 3.63) is 265 Å². The van der Waals surface area contributed by atoms with E-state index in [1.165, 1.54) is 112 Å². The van der Waals surface area contributed by atoms with Crippen LogP contribution in [0.4, 0.5) is 22.0 Å². The zero-order valence-electron chi connectivity index (χ0n) is 64.7. The van der Waals surface area contributed by atoms with E-state index in [2.05, 4.69) is 121 Å². The Morgan fingerprint density at radius 3 is 0.992 bits per heavy atom. The molecule has 0 spiro atoms. The minimum Gasteiger partial charge on any atom is -0.550 e. The minimum atomic E-state index is -4.49. The molecule has 621 valence electrons. The number of tetrazole rings is 5. The van der Waals surface area contributed by atoms with Crippen LogP contribution in [0.15, 0.2) is 171 Å². The van der Waals surface area contributed by atoms with Crippen molar-refractivity contribution in [1.29, 1.82) is 0 Å². The van der Waals surface area contributed by atoms with Crippen molar-refractivity contribution < 1.29 is 209 Å². The van der Waals surface area contributed by atoms with Gasteiger partial charge in [0.25, 0.3) is 5.76 Å². The zero-order chi connectivity index (χ0) is 83.3. The number of hydrogen-bond donors (Lipinski definition) is 0. The van der Waals surface area contributed by atoms with Crippen molar-refractivity contribution in [3.8, 4) is 54.4 Å². The number of hydrogen-bond acceptors (Lipinski definition) is 32. The fraction of sp³-hybridized carbons (Fsp3) is 0.200. The third-order valence-corrected chi connectivity index (χ3v) is 20.3. The molecule has 52 heteroatoms. The quantitative estimate of drug-likeness (QED) is 0.0276. The minimum absolute atomic E-state index is 0. The van der Waals surface area contributed by atoms with Crippen molar-refractivity contribution in [2.75, 3.05) is 0 Å². The number of alkyl halides is 5. The summed E-state index contributed by atoms with van der Waals surface area (Å²) in [6.45, 7) is 12.1. The Kier molecular flexibility index (Phi) is 42.5. The van der Waals surface area contributed by atoms with Gasteiger partial charge in [-0.05, 0) is 137 Å². The third kappa shape index (κ3) is 27.6. The first-order valence-electron chi connectivity index (χ1n) is 33.3. The van der Waals surface area contributed by atoms with Crippen molar-refractivity contribution >= 4 is 97.9 Å². The van der Waals surface area contributed by atoms with Crippen molar-refractivity contribution in [2.24, 2.45) is 35.2 Å². The molecule has 0 bridgehead atoms. The van der Waals surface area contributed by atoms with E-state index in [0.717, 1.165) is 69.0 Å². The topological polar surface area (TPSA) is 374 Å². The van der Waals surface area contributed by atoms with Gasteiger partial charge in [-0.2, -0.15) is 68.8 Å². The molecule has 0 saturated carbocycles. The van der Waals surface area contributed by atoms with Gasteiger partial charge in [-0.25, -0.2) is 80.7 Å². The number of allylic oxidation sites excluding steroid dienone is 2. The molecular formula is C70H59F5N25O10S7Y5-5. The van der Waals surface area contributed by atoms with Gasteiger partial charge in [0.2, 0.25) is 0 Å². The van der Waals surface area contributed by atoms with E-state index in [-0.39, 0.29) is 247 Å². The first kappa shape index (κ1) is 103. The summed E-state index contributed by atoms with van der Waals surface area (Å²) in [6, 6.07) is 25.6. The molecule has 0 atom stereocenters. The first-order chi connectivity index (χ1) is 56.4. The molecule has 0 saturated heterocycles. The van der Waals surface area contributed by atoms with Gasteiger partial charge in [0.15, 0.2) is 0 Å². The van der Waals surface area contributed by atoms with Gasteiger partial charge in [0.05, 0.1) is 61.5 Å². The van der Waals surface area contributed by atoms with E-state index in [9.17, 15) is 45.9 Å². The second-order valence-corrected chi connectivity index (χ2v) is 29.3. The van der Waals surface area contributed by atoms with Crippen LogP contribution >= 0.6 is 80.2 Å². The molecule has 15 aromatic rings. The molecule has 5 aromatic carbocycles. The van der Waals surface area contributed by atoms with Gasteiger partial charge < -0.3 is 48.6 Å². The van der Waals surface area contributed by atoms with Gasteiger partial charge in [0, 0.05) is 236 Å². The van der Waals surface area contributed by atoms with E-state index in [1.807, 2.05) is 68.5 Å². The molecule has 15 rings (SSSR count). The average Bonchev–Trinajstić information content (AvgIpc) is 1.65. The Balaban J connectivity index is 0.000000234. The van der Waals surface area contributed by atoms with Crippen molar-refractivity contribution in [2.45, 2.75) is 67.9 Å². The number of rotatable bonds is 26. The Bertz CT molecular complexity index is 6180. The average molecular weight is 2170 g/mol. The standard InChI is InChI=1S/2C15H14N5O2S.C14H12N5O2S.C13H9F3N5O2S2.C13H10F2N5O2S2.5Y/c1-10(2)11-5-4-6-13(20-15(21)19(3)17-18-20)12(11)9-22-14-16-7-8-23-14;1-3-5-11-6-4-7-13(20-15(21)19(2)17-18-20)12(11)10-22-14-16-8-9-23-14;1-3-10-5-4-6-12(19-14(20)18(2)16-17-19)11(10)9-21-13-15-7-8-22-13;1-20-12(22)21(19-18-20)9-3-2-4-10(25-13(14,15)16)8(9)7-23-11-17-5-6-24-11;1-19-13(21)20(18-17-19)9-3-2-4-10(24-11(14)15)8(9)7-22-12-16-5-6-23-12;;;;;/h4-6,8H,1,9H2,2-3H3;3-7,9H,10H2,1-2H3;3-6,8H,1,9H2,2H3;2-4,6H,7H2,1H3;2-4,6,11H,7H2,1H3;;;;;/q5*-1;;;;;/b;5-3+;;;;;;;;. The van der Waals surface area contributed by atoms with Crippen LogP contribution in [-0.2, 0) is 232 Å². The number of ether oxygens (including phenoxy) is 5. The summed E-state index contributed by atoms with van der Waals surface area (Å²) in [5.41, 5.74) is 2.38.